The van der Waals surface area contributed by atoms with Gasteiger partial charge in [-0.05, 0) is 36.4 Å². The summed E-state index contributed by atoms with van der Waals surface area (Å²) in [6, 6.07) is 17.1. The third kappa shape index (κ3) is 4.19. The first-order valence-corrected chi connectivity index (χ1v) is 8.16. The Morgan fingerprint density at radius 2 is 1.62 bits per heavy atom. The van der Waals surface area contributed by atoms with Crippen LogP contribution >= 0.6 is 0 Å². The van der Waals surface area contributed by atoms with Crippen molar-refractivity contribution in [3.8, 4) is 11.5 Å². The molecule has 0 saturated carbocycles. The number of urea groups is 1. The van der Waals surface area contributed by atoms with Crippen molar-refractivity contribution in [2.45, 2.75) is 18.9 Å². The second-order valence-corrected chi connectivity index (χ2v) is 5.78. The Kier molecular flexibility index (Phi) is 5.21. The van der Waals surface area contributed by atoms with Crippen LogP contribution in [0, 0.1) is 0 Å². The highest BCUT2D eigenvalue weighted by molar-refractivity contribution is 5.89. The van der Waals surface area contributed by atoms with Gasteiger partial charge in [-0.3, -0.25) is 0 Å². The van der Waals surface area contributed by atoms with Crippen molar-refractivity contribution in [2.24, 2.45) is 0 Å². The van der Waals surface area contributed by atoms with E-state index in [1.165, 1.54) is 0 Å². The molecule has 2 aromatic rings. The average Bonchev–Trinajstić information content (AvgIpc) is 2.64. The van der Waals surface area contributed by atoms with E-state index in [1.54, 1.807) is 7.11 Å². The number of anilines is 1. The van der Waals surface area contributed by atoms with E-state index in [0.717, 1.165) is 30.0 Å². The van der Waals surface area contributed by atoms with Gasteiger partial charge in [-0.15, -0.1) is 0 Å². The number of nitrogens with one attached hydrogen (secondary N) is 1. The number of benzene rings is 2. The smallest absolute Gasteiger partial charge is 0.321 e. The van der Waals surface area contributed by atoms with E-state index in [9.17, 15) is 4.79 Å². The summed E-state index contributed by atoms with van der Waals surface area (Å²) in [6.45, 7) is 1.39. The number of amides is 2. The molecule has 3 rings (SSSR count). The zero-order chi connectivity index (χ0) is 16.8. The summed E-state index contributed by atoms with van der Waals surface area (Å²) in [5.74, 6) is 1.65. The zero-order valence-electron chi connectivity index (χ0n) is 13.8. The van der Waals surface area contributed by atoms with Gasteiger partial charge in [0.25, 0.3) is 0 Å². The molecule has 1 fully saturated rings. The lowest BCUT2D eigenvalue weighted by Gasteiger charge is -2.32. The molecule has 2 aromatic carbocycles. The van der Waals surface area contributed by atoms with Gasteiger partial charge in [0, 0.05) is 31.6 Å². The van der Waals surface area contributed by atoms with E-state index in [1.807, 2.05) is 59.5 Å². The maximum Gasteiger partial charge on any atom is 0.321 e. The third-order valence-corrected chi connectivity index (χ3v) is 4.12. The van der Waals surface area contributed by atoms with Crippen molar-refractivity contribution in [2.75, 3.05) is 25.5 Å². The van der Waals surface area contributed by atoms with Gasteiger partial charge < -0.3 is 19.7 Å². The minimum atomic E-state index is -0.0518. The minimum absolute atomic E-state index is 0.0518. The SMILES string of the molecule is COc1ccc(OC2CCN(C(=O)Nc3ccccc3)CC2)cc1. The molecule has 2 amide bonds. The van der Waals surface area contributed by atoms with Gasteiger partial charge in [0.05, 0.1) is 7.11 Å². The van der Waals surface area contributed by atoms with Crippen molar-refractivity contribution in [1.29, 1.82) is 0 Å². The molecule has 126 valence electrons. The van der Waals surface area contributed by atoms with E-state index in [-0.39, 0.29) is 12.1 Å². The minimum Gasteiger partial charge on any atom is -0.497 e. The first-order valence-electron chi connectivity index (χ1n) is 8.16. The van der Waals surface area contributed by atoms with Crippen LogP contribution in [0.25, 0.3) is 0 Å². The van der Waals surface area contributed by atoms with Crippen LogP contribution < -0.4 is 14.8 Å². The van der Waals surface area contributed by atoms with Gasteiger partial charge in [-0.2, -0.15) is 0 Å². The number of carbonyl (C=O) groups excluding carboxylic acids is 1. The largest absolute Gasteiger partial charge is 0.497 e. The van der Waals surface area contributed by atoms with E-state index in [4.69, 9.17) is 9.47 Å². The standard InChI is InChI=1S/C19H22N2O3/c1-23-16-7-9-17(10-8-16)24-18-11-13-21(14-12-18)19(22)20-15-5-3-2-4-6-15/h2-10,18H,11-14H2,1H3,(H,20,22). The summed E-state index contributed by atoms with van der Waals surface area (Å²) < 4.78 is 11.1. The van der Waals surface area contributed by atoms with Crippen molar-refractivity contribution in [3.63, 3.8) is 0 Å². The highest BCUT2D eigenvalue weighted by Crippen LogP contribution is 2.22. The van der Waals surface area contributed by atoms with Gasteiger partial charge in [0.15, 0.2) is 0 Å². The molecule has 1 aliphatic rings. The Hall–Kier alpha value is -2.69. The van der Waals surface area contributed by atoms with Crippen LogP contribution in [0.15, 0.2) is 54.6 Å². The van der Waals surface area contributed by atoms with E-state index >= 15 is 0 Å². The van der Waals surface area contributed by atoms with Crippen LogP contribution in [-0.2, 0) is 0 Å². The second-order valence-electron chi connectivity index (χ2n) is 5.78. The Labute approximate surface area is 142 Å². The number of likely N-dealkylation sites (tertiary alicyclic amines) is 1. The molecule has 1 heterocycles. The number of ether oxygens (including phenoxy) is 2. The highest BCUT2D eigenvalue weighted by atomic mass is 16.5. The molecule has 1 N–H and O–H groups in total. The summed E-state index contributed by atoms with van der Waals surface area (Å²) in [4.78, 5) is 14.1. The lowest BCUT2D eigenvalue weighted by molar-refractivity contribution is 0.115. The molecule has 5 nitrogen and oxygen atoms in total. The summed E-state index contributed by atoms with van der Waals surface area (Å²) in [7, 11) is 1.64. The van der Waals surface area contributed by atoms with Crippen LogP contribution in [0.4, 0.5) is 10.5 Å². The Balaban J connectivity index is 1.47. The van der Waals surface area contributed by atoms with Crippen LogP contribution in [-0.4, -0.2) is 37.2 Å². The van der Waals surface area contributed by atoms with Gasteiger partial charge in [0.2, 0.25) is 0 Å². The maximum atomic E-state index is 12.3. The molecule has 0 aromatic heterocycles. The molecule has 0 unspecified atom stereocenters. The van der Waals surface area contributed by atoms with Gasteiger partial charge in [-0.25, -0.2) is 4.79 Å². The number of methoxy groups -OCH3 is 1. The lowest BCUT2D eigenvalue weighted by atomic mass is 10.1. The van der Waals surface area contributed by atoms with E-state index in [0.29, 0.717) is 13.1 Å². The number of para-hydroxylation sites is 1. The number of carbonyl (C=O) groups is 1. The number of hydrogen-bond donors (Lipinski definition) is 1. The molecule has 0 atom stereocenters. The summed E-state index contributed by atoms with van der Waals surface area (Å²) in [6.07, 6.45) is 1.79. The monoisotopic (exact) mass is 326 g/mol. The van der Waals surface area contributed by atoms with Crippen molar-refractivity contribution in [1.82, 2.24) is 4.90 Å². The summed E-state index contributed by atoms with van der Waals surface area (Å²) >= 11 is 0. The predicted octanol–water partition coefficient (Wildman–Crippen LogP) is 3.77. The quantitative estimate of drug-likeness (QED) is 0.930. The van der Waals surface area contributed by atoms with Crippen molar-refractivity contribution in [3.05, 3.63) is 54.6 Å². The fraction of sp³-hybridized carbons (Fsp3) is 0.316. The average molecular weight is 326 g/mol. The Morgan fingerprint density at radius 1 is 1.00 bits per heavy atom. The van der Waals surface area contributed by atoms with Crippen LogP contribution in [0.1, 0.15) is 12.8 Å². The molecule has 0 radical (unpaired) electrons. The first-order chi connectivity index (χ1) is 11.7. The second kappa shape index (κ2) is 7.73. The first kappa shape index (κ1) is 16.2. The zero-order valence-corrected chi connectivity index (χ0v) is 13.8. The molecule has 5 heteroatoms. The predicted molar refractivity (Wildman–Crippen MR) is 93.7 cm³/mol. The van der Waals surface area contributed by atoms with Crippen LogP contribution in [0.3, 0.4) is 0 Å². The molecular formula is C19H22N2O3. The van der Waals surface area contributed by atoms with Gasteiger partial charge >= 0.3 is 6.03 Å². The highest BCUT2D eigenvalue weighted by Gasteiger charge is 2.24. The number of nitrogens with zero attached hydrogens (tertiary/aromatic N) is 1. The fourth-order valence-electron chi connectivity index (χ4n) is 2.75. The molecule has 0 aliphatic carbocycles. The van der Waals surface area contributed by atoms with E-state index < -0.39 is 0 Å². The lowest BCUT2D eigenvalue weighted by Crippen LogP contribution is -2.43. The van der Waals surface area contributed by atoms with Crippen molar-refractivity contribution >= 4 is 11.7 Å². The molecule has 0 bridgehead atoms. The normalized spacial score (nSPS) is 15.0. The fourth-order valence-corrected chi connectivity index (χ4v) is 2.75. The third-order valence-electron chi connectivity index (χ3n) is 4.12. The Bertz CT molecular complexity index is 650. The number of hydrogen-bond acceptors (Lipinski definition) is 3. The van der Waals surface area contributed by atoms with Gasteiger partial charge in [0.1, 0.15) is 17.6 Å². The molecule has 24 heavy (non-hydrogen) atoms. The topological polar surface area (TPSA) is 50.8 Å². The molecule has 0 spiro atoms. The van der Waals surface area contributed by atoms with Crippen LogP contribution in [0.2, 0.25) is 0 Å². The summed E-state index contributed by atoms with van der Waals surface area (Å²) in [5.41, 5.74) is 0.819. The summed E-state index contributed by atoms with van der Waals surface area (Å²) in [5, 5.41) is 2.92. The van der Waals surface area contributed by atoms with E-state index in [2.05, 4.69) is 5.32 Å². The number of piperidine rings is 1. The molecule has 1 saturated heterocycles. The Morgan fingerprint density at radius 3 is 2.25 bits per heavy atom. The maximum absolute atomic E-state index is 12.3. The number of rotatable bonds is 4. The van der Waals surface area contributed by atoms with Crippen LogP contribution in [0.5, 0.6) is 11.5 Å². The molecule has 1 aliphatic heterocycles. The van der Waals surface area contributed by atoms with Crippen molar-refractivity contribution < 1.29 is 14.3 Å². The molecular weight excluding hydrogens is 304 g/mol. The van der Waals surface area contributed by atoms with Gasteiger partial charge in [-0.1, -0.05) is 18.2 Å².